The molecule has 0 spiro atoms. The molecule has 122 valence electrons. The first-order valence-electron chi connectivity index (χ1n) is 7.03. The molecule has 7 heteroatoms. The van der Waals surface area contributed by atoms with Gasteiger partial charge in [-0.2, -0.15) is 0 Å². The Morgan fingerprint density at radius 3 is 2.61 bits per heavy atom. The van der Waals surface area contributed by atoms with Crippen molar-refractivity contribution in [3.8, 4) is 11.5 Å². The second-order valence-corrected chi connectivity index (χ2v) is 5.01. The quantitative estimate of drug-likeness (QED) is 0.873. The fraction of sp³-hybridized carbons (Fsp3) is 0.312. The molecule has 0 atom stereocenters. The molecule has 1 amide bonds. The second-order valence-electron chi connectivity index (χ2n) is 5.01. The summed E-state index contributed by atoms with van der Waals surface area (Å²) in [5, 5.41) is 2.73. The molecule has 0 aliphatic carbocycles. The average Bonchev–Trinajstić information content (AvgIpc) is 2.50. The number of carbonyl (C=O) groups excluding carboxylic acids is 1. The van der Waals surface area contributed by atoms with Crippen molar-refractivity contribution in [2.24, 2.45) is 0 Å². The number of ether oxygens (including phenoxy) is 2. The van der Waals surface area contributed by atoms with Gasteiger partial charge in [-0.3, -0.25) is 9.59 Å². The molecule has 2 aromatic rings. The van der Waals surface area contributed by atoms with Gasteiger partial charge >= 0.3 is 0 Å². The zero-order valence-electron chi connectivity index (χ0n) is 13.5. The Balaban J connectivity index is 2.22. The van der Waals surface area contributed by atoms with Crippen LogP contribution in [0, 0.1) is 13.8 Å². The first-order valence-corrected chi connectivity index (χ1v) is 7.03. The predicted octanol–water partition coefficient (Wildman–Crippen LogP) is 1.59. The summed E-state index contributed by atoms with van der Waals surface area (Å²) in [6, 6.07) is 5.08. The molecule has 0 unspecified atom stereocenters. The predicted molar refractivity (Wildman–Crippen MR) is 86.2 cm³/mol. The van der Waals surface area contributed by atoms with Crippen LogP contribution in [0.5, 0.6) is 11.5 Å². The number of amides is 1. The van der Waals surface area contributed by atoms with Gasteiger partial charge in [0.2, 0.25) is 5.91 Å². The molecule has 0 fully saturated rings. The molecule has 0 aliphatic rings. The monoisotopic (exact) mass is 317 g/mol. The first-order chi connectivity index (χ1) is 10.9. The van der Waals surface area contributed by atoms with Crippen LogP contribution < -0.4 is 20.3 Å². The normalized spacial score (nSPS) is 10.3. The van der Waals surface area contributed by atoms with Crippen molar-refractivity contribution >= 4 is 11.6 Å². The van der Waals surface area contributed by atoms with E-state index >= 15 is 0 Å². The molecule has 0 aliphatic heterocycles. The van der Waals surface area contributed by atoms with Crippen LogP contribution in [0.25, 0.3) is 0 Å². The smallest absolute Gasteiger partial charge is 0.254 e. The summed E-state index contributed by atoms with van der Waals surface area (Å²) in [7, 11) is 3.05. The Kier molecular flexibility index (Phi) is 5.00. The highest BCUT2D eigenvalue weighted by atomic mass is 16.5. The third kappa shape index (κ3) is 3.88. The van der Waals surface area contributed by atoms with Crippen LogP contribution in [0.15, 0.2) is 23.0 Å². The topological polar surface area (TPSA) is 93.3 Å². The number of aryl methyl sites for hydroxylation is 2. The number of nitrogens with one attached hydrogen (secondary N) is 2. The van der Waals surface area contributed by atoms with E-state index in [1.807, 2.05) is 0 Å². The Bertz CT molecular complexity index is 783. The van der Waals surface area contributed by atoms with Gasteiger partial charge in [0.05, 0.1) is 26.3 Å². The molecule has 0 saturated carbocycles. The lowest BCUT2D eigenvalue weighted by Gasteiger charge is -2.12. The molecule has 0 bridgehead atoms. The van der Waals surface area contributed by atoms with Crippen molar-refractivity contribution in [3.05, 3.63) is 45.6 Å². The number of H-pyrrole nitrogens is 1. The molecule has 1 aromatic heterocycles. The van der Waals surface area contributed by atoms with Crippen LogP contribution in [0.2, 0.25) is 0 Å². The first kappa shape index (κ1) is 16.5. The van der Waals surface area contributed by atoms with E-state index in [4.69, 9.17) is 9.47 Å². The number of aromatic amines is 1. The molecule has 0 saturated heterocycles. The maximum absolute atomic E-state index is 12.3. The van der Waals surface area contributed by atoms with Gasteiger partial charge < -0.3 is 19.8 Å². The SMILES string of the molecule is COc1ccc(OC)c(NC(=O)Cc2c(C)nc(C)[nH]c2=O)c1. The number of nitrogens with zero attached hydrogens (tertiary/aromatic N) is 1. The van der Waals surface area contributed by atoms with Crippen molar-refractivity contribution in [2.45, 2.75) is 20.3 Å². The molecule has 7 nitrogen and oxygen atoms in total. The number of aromatic nitrogens is 2. The molecule has 1 aromatic carbocycles. The van der Waals surface area contributed by atoms with E-state index in [1.54, 1.807) is 32.0 Å². The molecule has 0 radical (unpaired) electrons. The van der Waals surface area contributed by atoms with Crippen molar-refractivity contribution in [2.75, 3.05) is 19.5 Å². The Hall–Kier alpha value is -2.83. The Morgan fingerprint density at radius 1 is 1.26 bits per heavy atom. The van der Waals surface area contributed by atoms with Crippen LogP contribution in [0.4, 0.5) is 5.69 Å². The number of benzene rings is 1. The minimum atomic E-state index is -0.337. The zero-order valence-corrected chi connectivity index (χ0v) is 13.5. The molecular weight excluding hydrogens is 298 g/mol. The van der Waals surface area contributed by atoms with Gasteiger partial charge in [-0.25, -0.2) is 4.98 Å². The molecule has 2 N–H and O–H groups in total. The minimum Gasteiger partial charge on any atom is -0.497 e. The van der Waals surface area contributed by atoms with Gasteiger partial charge in [0, 0.05) is 17.3 Å². The van der Waals surface area contributed by atoms with Crippen molar-refractivity contribution < 1.29 is 14.3 Å². The van der Waals surface area contributed by atoms with Gasteiger partial charge in [0.15, 0.2) is 0 Å². The van der Waals surface area contributed by atoms with E-state index in [9.17, 15) is 9.59 Å². The third-order valence-electron chi connectivity index (χ3n) is 3.36. The van der Waals surface area contributed by atoms with Crippen LogP contribution in [0.1, 0.15) is 17.1 Å². The van der Waals surface area contributed by atoms with Gasteiger partial charge in [-0.05, 0) is 26.0 Å². The van der Waals surface area contributed by atoms with E-state index in [0.717, 1.165) is 0 Å². The fourth-order valence-corrected chi connectivity index (χ4v) is 2.23. The summed E-state index contributed by atoms with van der Waals surface area (Å²) in [6.45, 7) is 3.40. The number of carbonyl (C=O) groups is 1. The standard InChI is InChI=1S/C16H19N3O4/c1-9-12(16(21)18-10(2)17-9)8-15(20)19-13-7-11(22-3)5-6-14(13)23-4/h5-7H,8H2,1-4H3,(H,19,20)(H,17,18,21). The highest BCUT2D eigenvalue weighted by Gasteiger charge is 2.14. The van der Waals surface area contributed by atoms with Crippen LogP contribution >= 0.6 is 0 Å². The van der Waals surface area contributed by atoms with Gasteiger partial charge in [0.25, 0.3) is 5.56 Å². The highest BCUT2D eigenvalue weighted by molar-refractivity contribution is 5.94. The lowest BCUT2D eigenvalue weighted by Crippen LogP contribution is -2.24. The number of hydrogen-bond acceptors (Lipinski definition) is 5. The highest BCUT2D eigenvalue weighted by Crippen LogP contribution is 2.28. The van der Waals surface area contributed by atoms with Crippen LogP contribution in [0.3, 0.4) is 0 Å². The minimum absolute atomic E-state index is 0.0746. The maximum Gasteiger partial charge on any atom is 0.254 e. The number of rotatable bonds is 5. The molecule has 23 heavy (non-hydrogen) atoms. The number of methoxy groups -OCH3 is 2. The molecular formula is C16H19N3O4. The third-order valence-corrected chi connectivity index (χ3v) is 3.36. The van der Waals surface area contributed by atoms with E-state index in [0.29, 0.717) is 34.3 Å². The zero-order chi connectivity index (χ0) is 17.0. The van der Waals surface area contributed by atoms with E-state index in [-0.39, 0.29) is 17.9 Å². The fourth-order valence-electron chi connectivity index (χ4n) is 2.23. The van der Waals surface area contributed by atoms with Gasteiger partial charge in [-0.15, -0.1) is 0 Å². The van der Waals surface area contributed by atoms with Crippen molar-refractivity contribution in [1.29, 1.82) is 0 Å². The Labute approximate surface area is 133 Å². The summed E-state index contributed by atoms with van der Waals surface area (Å²) in [4.78, 5) is 31.0. The number of anilines is 1. The average molecular weight is 317 g/mol. The van der Waals surface area contributed by atoms with Gasteiger partial charge in [-0.1, -0.05) is 0 Å². The summed E-state index contributed by atoms with van der Waals surface area (Å²) < 4.78 is 10.3. The summed E-state index contributed by atoms with van der Waals surface area (Å²) in [5.74, 6) is 1.28. The summed E-state index contributed by atoms with van der Waals surface area (Å²) in [6.07, 6.45) is -0.0746. The van der Waals surface area contributed by atoms with Crippen molar-refractivity contribution in [1.82, 2.24) is 9.97 Å². The van der Waals surface area contributed by atoms with Gasteiger partial charge in [0.1, 0.15) is 17.3 Å². The molecule has 2 rings (SSSR count). The summed E-state index contributed by atoms with van der Waals surface area (Å²) >= 11 is 0. The number of hydrogen-bond donors (Lipinski definition) is 2. The van der Waals surface area contributed by atoms with Crippen LogP contribution in [-0.4, -0.2) is 30.1 Å². The van der Waals surface area contributed by atoms with Crippen LogP contribution in [-0.2, 0) is 11.2 Å². The largest absolute Gasteiger partial charge is 0.497 e. The maximum atomic E-state index is 12.3. The van der Waals surface area contributed by atoms with E-state index in [1.165, 1.54) is 14.2 Å². The second kappa shape index (κ2) is 6.95. The lowest BCUT2D eigenvalue weighted by atomic mass is 10.1. The van der Waals surface area contributed by atoms with E-state index in [2.05, 4.69) is 15.3 Å². The molecule has 1 heterocycles. The van der Waals surface area contributed by atoms with E-state index < -0.39 is 0 Å². The summed E-state index contributed by atoms with van der Waals surface area (Å²) in [5.41, 5.74) is 1.06. The Morgan fingerprint density at radius 2 is 2.00 bits per heavy atom. The van der Waals surface area contributed by atoms with Crippen molar-refractivity contribution in [3.63, 3.8) is 0 Å². The lowest BCUT2D eigenvalue weighted by molar-refractivity contribution is -0.115.